The van der Waals surface area contributed by atoms with Gasteiger partial charge in [-0.3, -0.25) is 4.79 Å². The summed E-state index contributed by atoms with van der Waals surface area (Å²) in [4.78, 5) is 12.0. The minimum atomic E-state index is -0.144. The molecule has 1 amide bonds. The highest BCUT2D eigenvalue weighted by Crippen LogP contribution is 2.30. The van der Waals surface area contributed by atoms with Gasteiger partial charge in [0.2, 0.25) is 0 Å². The number of nitrogens with one attached hydrogen (secondary N) is 1. The molecule has 128 valence electrons. The molecule has 0 heterocycles. The molecular formula is C20H25NO3. The molecule has 0 aliphatic rings. The van der Waals surface area contributed by atoms with E-state index in [9.17, 15) is 4.79 Å². The summed E-state index contributed by atoms with van der Waals surface area (Å²) in [6, 6.07) is 15.4. The third kappa shape index (κ3) is 5.01. The first-order valence-corrected chi connectivity index (χ1v) is 8.02. The zero-order valence-electron chi connectivity index (χ0n) is 14.8. The molecule has 0 atom stereocenters. The topological polar surface area (TPSA) is 47.6 Å². The van der Waals surface area contributed by atoms with Crippen LogP contribution in [0.5, 0.6) is 11.5 Å². The van der Waals surface area contributed by atoms with Gasteiger partial charge in [-0.15, -0.1) is 0 Å². The fourth-order valence-corrected chi connectivity index (χ4v) is 2.35. The van der Waals surface area contributed by atoms with Crippen LogP contribution in [0.4, 0.5) is 0 Å². The van der Waals surface area contributed by atoms with E-state index in [0.29, 0.717) is 6.54 Å². The van der Waals surface area contributed by atoms with Gasteiger partial charge in [0.25, 0.3) is 5.91 Å². The number of benzene rings is 2. The summed E-state index contributed by atoms with van der Waals surface area (Å²) < 4.78 is 10.8. The number of amides is 1. The predicted octanol–water partition coefficient (Wildman–Crippen LogP) is 3.69. The third-order valence-electron chi connectivity index (χ3n) is 3.70. The molecule has 4 heteroatoms. The number of para-hydroxylation sites is 1. The Morgan fingerprint density at radius 2 is 1.71 bits per heavy atom. The van der Waals surface area contributed by atoms with E-state index in [0.717, 1.165) is 22.6 Å². The van der Waals surface area contributed by atoms with Crippen LogP contribution in [0, 0.1) is 0 Å². The van der Waals surface area contributed by atoms with Gasteiger partial charge >= 0.3 is 0 Å². The van der Waals surface area contributed by atoms with Crippen LogP contribution in [0.15, 0.2) is 48.5 Å². The summed E-state index contributed by atoms with van der Waals surface area (Å²) in [5.74, 6) is 1.41. The van der Waals surface area contributed by atoms with Gasteiger partial charge in [0.05, 0.1) is 7.11 Å². The fourth-order valence-electron chi connectivity index (χ4n) is 2.35. The van der Waals surface area contributed by atoms with Crippen LogP contribution in [-0.4, -0.2) is 19.6 Å². The maximum atomic E-state index is 12.0. The van der Waals surface area contributed by atoms with Gasteiger partial charge in [0.15, 0.2) is 6.61 Å². The number of carbonyl (C=O) groups is 1. The van der Waals surface area contributed by atoms with Crippen molar-refractivity contribution < 1.29 is 14.3 Å². The van der Waals surface area contributed by atoms with E-state index in [1.165, 1.54) is 0 Å². The van der Waals surface area contributed by atoms with Gasteiger partial charge in [-0.05, 0) is 34.7 Å². The zero-order valence-corrected chi connectivity index (χ0v) is 14.8. The maximum Gasteiger partial charge on any atom is 0.258 e. The van der Waals surface area contributed by atoms with Gasteiger partial charge in [-0.2, -0.15) is 0 Å². The third-order valence-corrected chi connectivity index (χ3v) is 3.70. The molecule has 2 aromatic rings. The van der Waals surface area contributed by atoms with E-state index in [1.807, 2.05) is 48.5 Å². The minimum absolute atomic E-state index is 0.00322. The number of hydrogen-bond acceptors (Lipinski definition) is 3. The molecule has 0 radical (unpaired) electrons. The van der Waals surface area contributed by atoms with Crippen LogP contribution in [0.2, 0.25) is 0 Å². The number of hydrogen-bond donors (Lipinski definition) is 1. The molecule has 2 aromatic carbocycles. The van der Waals surface area contributed by atoms with Crippen LogP contribution in [0.25, 0.3) is 0 Å². The molecule has 0 fully saturated rings. The van der Waals surface area contributed by atoms with Crippen LogP contribution in [0.1, 0.15) is 31.9 Å². The SMILES string of the molecule is COc1ccc(CNC(=O)COc2ccccc2C(C)(C)C)cc1. The summed E-state index contributed by atoms with van der Waals surface area (Å²) in [5.41, 5.74) is 2.07. The second-order valence-electron chi connectivity index (χ2n) is 6.66. The standard InChI is InChI=1S/C20H25NO3/c1-20(2,3)17-7-5-6-8-18(17)24-14-19(22)21-13-15-9-11-16(23-4)12-10-15/h5-12H,13-14H2,1-4H3,(H,21,22). The van der Waals surface area contributed by atoms with E-state index in [4.69, 9.17) is 9.47 Å². The first-order chi connectivity index (χ1) is 11.4. The molecule has 0 bridgehead atoms. The molecule has 24 heavy (non-hydrogen) atoms. The average molecular weight is 327 g/mol. The molecule has 0 aliphatic heterocycles. The predicted molar refractivity (Wildman–Crippen MR) is 95.5 cm³/mol. The minimum Gasteiger partial charge on any atom is -0.497 e. The van der Waals surface area contributed by atoms with Crippen molar-refractivity contribution in [3.8, 4) is 11.5 Å². The molecule has 0 aliphatic carbocycles. The molecule has 1 N–H and O–H groups in total. The van der Waals surface area contributed by atoms with Crippen molar-refractivity contribution in [3.05, 3.63) is 59.7 Å². The fraction of sp³-hybridized carbons (Fsp3) is 0.350. The summed E-state index contributed by atoms with van der Waals surface area (Å²) in [7, 11) is 1.63. The number of rotatable bonds is 6. The van der Waals surface area contributed by atoms with E-state index >= 15 is 0 Å². The first-order valence-electron chi connectivity index (χ1n) is 8.02. The summed E-state index contributed by atoms with van der Waals surface area (Å²) in [6.45, 7) is 6.84. The molecule has 2 rings (SSSR count). The Balaban J connectivity index is 1.87. The zero-order chi connectivity index (χ0) is 17.6. The molecule has 4 nitrogen and oxygen atoms in total. The van der Waals surface area contributed by atoms with Crippen molar-refractivity contribution in [2.24, 2.45) is 0 Å². The Morgan fingerprint density at radius 3 is 2.33 bits per heavy atom. The van der Waals surface area contributed by atoms with Crippen LogP contribution >= 0.6 is 0 Å². The normalized spacial score (nSPS) is 11.0. The summed E-state index contributed by atoms with van der Waals surface area (Å²) >= 11 is 0. The van der Waals surface area contributed by atoms with E-state index in [2.05, 4.69) is 26.1 Å². The molecule has 0 spiro atoms. The monoisotopic (exact) mass is 327 g/mol. The Kier molecular flexibility index (Phi) is 5.85. The van der Waals surface area contributed by atoms with E-state index in [-0.39, 0.29) is 17.9 Å². The van der Waals surface area contributed by atoms with Crippen molar-refractivity contribution in [2.45, 2.75) is 32.7 Å². The lowest BCUT2D eigenvalue weighted by molar-refractivity contribution is -0.123. The van der Waals surface area contributed by atoms with Gasteiger partial charge < -0.3 is 14.8 Å². The molecule has 0 aromatic heterocycles. The van der Waals surface area contributed by atoms with Gasteiger partial charge in [-0.25, -0.2) is 0 Å². The Morgan fingerprint density at radius 1 is 1.04 bits per heavy atom. The van der Waals surface area contributed by atoms with Crippen molar-refractivity contribution in [2.75, 3.05) is 13.7 Å². The van der Waals surface area contributed by atoms with E-state index in [1.54, 1.807) is 7.11 Å². The average Bonchev–Trinajstić information content (AvgIpc) is 2.58. The molecule has 0 saturated heterocycles. The lowest BCUT2D eigenvalue weighted by atomic mass is 9.86. The Labute approximate surface area is 143 Å². The lowest BCUT2D eigenvalue weighted by Gasteiger charge is -2.22. The second-order valence-corrected chi connectivity index (χ2v) is 6.66. The van der Waals surface area contributed by atoms with Gasteiger partial charge in [0, 0.05) is 6.54 Å². The van der Waals surface area contributed by atoms with Crippen LogP contribution in [-0.2, 0) is 16.8 Å². The molecule has 0 unspecified atom stereocenters. The highest BCUT2D eigenvalue weighted by atomic mass is 16.5. The molecule has 0 saturated carbocycles. The van der Waals surface area contributed by atoms with Crippen molar-refractivity contribution in [1.82, 2.24) is 5.32 Å². The van der Waals surface area contributed by atoms with Crippen molar-refractivity contribution >= 4 is 5.91 Å². The first kappa shape index (κ1) is 17.9. The highest BCUT2D eigenvalue weighted by Gasteiger charge is 2.18. The maximum absolute atomic E-state index is 12.0. The second kappa shape index (κ2) is 7.86. The smallest absolute Gasteiger partial charge is 0.258 e. The van der Waals surface area contributed by atoms with E-state index < -0.39 is 0 Å². The van der Waals surface area contributed by atoms with Crippen molar-refractivity contribution in [3.63, 3.8) is 0 Å². The lowest BCUT2D eigenvalue weighted by Crippen LogP contribution is -2.28. The highest BCUT2D eigenvalue weighted by molar-refractivity contribution is 5.77. The summed E-state index contributed by atoms with van der Waals surface area (Å²) in [5, 5.41) is 2.86. The summed E-state index contributed by atoms with van der Waals surface area (Å²) in [6.07, 6.45) is 0. The number of carbonyl (C=O) groups excluding carboxylic acids is 1. The molecular weight excluding hydrogens is 302 g/mol. The van der Waals surface area contributed by atoms with Crippen molar-refractivity contribution in [1.29, 1.82) is 0 Å². The van der Waals surface area contributed by atoms with Crippen LogP contribution in [0.3, 0.4) is 0 Å². The van der Waals surface area contributed by atoms with Gasteiger partial charge in [0.1, 0.15) is 11.5 Å². The van der Waals surface area contributed by atoms with Gasteiger partial charge in [-0.1, -0.05) is 51.1 Å². The Hall–Kier alpha value is -2.49. The Bertz CT molecular complexity index is 672. The van der Waals surface area contributed by atoms with Crippen LogP contribution < -0.4 is 14.8 Å². The number of methoxy groups -OCH3 is 1. The number of ether oxygens (including phenoxy) is 2. The quantitative estimate of drug-likeness (QED) is 0.880. The largest absolute Gasteiger partial charge is 0.497 e.